The second kappa shape index (κ2) is 10.2. The lowest BCUT2D eigenvalue weighted by molar-refractivity contribution is 0.135. The molecule has 3 nitrogen and oxygen atoms in total. The van der Waals surface area contributed by atoms with Crippen LogP contribution in [0.1, 0.15) is 34.1 Å². The molecule has 0 saturated heterocycles. The van der Waals surface area contributed by atoms with Gasteiger partial charge in [-0.05, 0) is 27.2 Å². The molecule has 0 N–H and O–H groups in total. The summed E-state index contributed by atoms with van der Waals surface area (Å²) in [5.41, 5.74) is 0. The lowest BCUT2D eigenvalue weighted by Crippen LogP contribution is -2.28. The number of ether oxygens (including phenoxy) is 1. The third kappa shape index (κ3) is 7.59. The highest BCUT2D eigenvalue weighted by molar-refractivity contribution is 6.44. The molecule has 0 spiro atoms. The van der Waals surface area contributed by atoms with Crippen LogP contribution in [-0.2, 0) is 13.6 Å². The minimum absolute atomic E-state index is 0.232. The van der Waals surface area contributed by atoms with Crippen LogP contribution in [0.3, 0.4) is 0 Å². The molecule has 4 heteroatoms. The smallest absolute Gasteiger partial charge is 0.325 e. The maximum absolute atomic E-state index is 5.61. The van der Waals surface area contributed by atoms with Crippen molar-refractivity contribution in [3.63, 3.8) is 0 Å². The Bertz CT molecular complexity index is 156. The second-order valence-corrected chi connectivity index (χ2v) is 5.21. The van der Waals surface area contributed by atoms with Crippen LogP contribution in [-0.4, -0.2) is 28.6 Å². The summed E-state index contributed by atoms with van der Waals surface area (Å²) in [6.45, 7) is 9.55. The van der Waals surface area contributed by atoms with Crippen molar-refractivity contribution < 1.29 is 13.6 Å². The molecular formula is C11H24O3Si. The molecule has 0 fully saturated rings. The highest BCUT2D eigenvalue weighted by atomic mass is 28.3. The Morgan fingerprint density at radius 2 is 1.73 bits per heavy atom. The largest absolute Gasteiger partial charge is 0.499 e. The van der Waals surface area contributed by atoms with Gasteiger partial charge in [-0.25, -0.2) is 0 Å². The Balaban J connectivity index is 3.96. The maximum Gasteiger partial charge on any atom is 0.325 e. The van der Waals surface area contributed by atoms with Crippen LogP contribution in [0, 0.1) is 0 Å². The lowest BCUT2D eigenvalue weighted by Gasteiger charge is -2.20. The van der Waals surface area contributed by atoms with Crippen LogP contribution in [0.15, 0.2) is 12.3 Å². The molecule has 0 radical (unpaired) electrons. The zero-order valence-corrected chi connectivity index (χ0v) is 11.5. The van der Waals surface area contributed by atoms with E-state index in [4.69, 9.17) is 13.6 Å². The Kier molecular flexibility index (Phi) is 9.98. The van der Waals surface area contributed by atoms with Crippen LogP contribution in [0.5, 0.6) is 0 Å². The fourth-order valence-electron chi connectivity index (χ4n) is 1.28. The molecule has 0 aliphatic rings. The van der Waals surface area contributed by atoms with E-state index >= 15 is 0 Å². The van der Waals surface area contributed by atoms with Gasteiger partial charge in [-0.2, -0.15) is 0 Å². The molecule has 15 heavy (non-hydrogen) atoms. The van der Waals surface area contributed by atoms with Crippen molar-refractivity contribution in [1.82, 2.24) is 0 Å². The molecule has 1 atom stereocenters. The van der Waals surface area contributed by atoms with Gasteiger partial charge in [-0.1, -0.05) is 13.0 Å². The average molecular weight is 232 g/mol. The Hall–Kier alpha value is -0.323. The van der Waals surface area contributed by atoms with Gasteiger partial charge in [0.25, 0.3) is 0 Å². The lowest BCUT2D eigenvalue weighted by atomic mass is 10.3. The molecule has 0 heterocycles. The van der Waals surface area contributed by atoms with Crippen molar-refractivity contribution >= 4 is 9.28 Å². The molecule has 0 aromatic rings. The molecule has 0 aromatic heterocycles. The summed E-state index contributed by atoms with van der Waals surface area (Å²) in [7, 11) is -1.51. The SMILES string of the molecule is C/C=C\OC(CC)C[SiH](OCC)OCC. The summed E-state index contributed by atoms with van der Waals surface area (Å²) >= 11 is 0. The summed E-state index contributed by atoms with van der Waals surface area (Å²) in [6.07, 6.45) is 4.88. The first-order chi connectivity index (χ1) is 7.28. The number of hydrogen-bond acceptors (Lipinski definition) is 3. The van der Waals surface area contributed by atoms with Gasteiger partial charge in [0.15, 0.2) is 0 Å². The third-order valence-electron chi connectivity index (χ3n) is 2.02. The highest BCUT2D eigenvalue weighted by Crippen LogP contribution is 2.10. The average Bonchev–Trinajstić information content (AvgIpc) is 2.24. The predicted molar refractivity (Wildman–Crippen MR) is 65.2 cm³/mol. The first kappa shape index (κ1) is 14.7. The zero-order valence-electron chi connectivity index (χ0n) is 10.4. The molecule has 0 amide bonds. The summed E-state index contributed by atoms with van der Waals surface area (Å²) < 4.78 is 16.8. The molecule has 0 saturated carbocycles. The van der Waals surface area contributed by atoms with Crippen LogP contribution in [0.2, 0.25) is 6.04 Å². The monoisotopic (exact) mass is 232 g/mol. The van der Waals surface area contributed by atoms with Gasteiger partial charge in [0.1, 0.15) is 0 Å². The Morgan fingerprint density at radius 1 is 1.13 bits per heavy atom. The van der Waals surface area contributed by atoms with Gasteiger partial charge < -0.3 is 13.6 Å². The summed E-state index contributed by atoms with van der Waals surface area (Å²) in [5.74, 6) is 0. The van der Waals surface area contributed by atoms with E-state index in [0.29, 0.717) is 0 Å². The van der Waals surface area contributed by atoms with Crippen molar-refractivity contribution in [3.05, 3.63) is 12.3 Å². The van der Waals surface area contributed by atoms with Crippen molar-refractivity contribution in [2.45, 2.75) is 46.3 Å². The molecule has 0 rings (SSSR count). The van der Waals surface area contributed by atoms with E-state index in [2.05, 4.69) is 6.92 Å². The Labute approximate surface area is 95.3 Å². The summed E-state index contributed by atoms with van der Waals surface area (Å²) in [5, 5.41) is 0. The normalized spacial score (nSPS) is 13.7. The quantitative estimate of drug-likeness (QED) is 0.452. The van der Waals surface area contributed by atoms with Crippen molar-refractivity contribution in [2.24, 2.45) is 0 Å². The van der Waals surface area contributed by atoms with Gasteiger partial charge >= 0.3 is 9.28 Å². The molecule has 1 unspecified atom stereocenters. The summed E-state index contributed by atoms with van der Waals surface area (Å²) in [6, 6.07) is 0.919. The molecule has 0 aromatic carbocycles. The summed E-state index contributed by atoms with van der Waals surface area (Å²) in [4.78, 5) is 0. The molecule has 0 bridgehead atoms. The van der Waals surface area contributed by atoms with Gasteiger partial charge in [0.05, 0.1) is 12.4 Å². The minimum Gasteiger partial charge on any atom is -0.499 e. The topological polar surface area (TPSA) is 27.7 Å². The van der Waals surface area contributed by atoms with Gasteiger partial charge in [-0.15, -0.1) is 0 Å². The van der Waals surface area contributed by atoms with Crippen LogP contribution >= 0.6 is 0 Å². The van der Waals surface area contributed by atoms with Gasteiger partial charge in [0, 0.05) is 19.3 Å². The van der Waals surface area contributed by atoms with E-state index in [1.807, 2.05) is 26.8 Å². The highest BCUT2D eigenvalue weighted by Gasteiger charge is 2.18. The van der Waals surface area contributed by atoms with Crippen molar-refractivity contribution in [2.75, 3.05) is 13.2 Å². The third-order valence-corrected chi connectivity index (χ3v) is 4.34. The maximum atomic E-state index is 5.61. The van der Waals surface area contributed by atoms with Crippen molar-refractivity contribution in [1.29, 1.82) is 0 Å². The fourth-order valence-corrected chi connectivity index (χ4v) is 3.26. The molecule has 0 aliphatic carbocycles. The molecular weight excluding hydrogens is 208 g/mol. The first-order valence-electron chi connectivity index (χ1n) is 5.78. The van der Waals surface area contributed by atoms with E-state index in [1.165, 1.54) is 0 Å². The van der Waals surface area contributed by atoms with E-state index in [0.717, 1.165) is 25.7 Å². The fraction of sp³-hybridized carbons (Fsp3) is 0.818. The van der Waals surface area contributed by atoms with Gasteiger partial charge in [-0.3, -0.25) is 0 Å². The van der Waals surface area contributed by atoms with E-state index in [1.54, 1.807) is 6.26 Å². The predicted octanol–water partition coefficient (Wildman–Crippen LogP) is 2.61. The Morgan fingerprint density at radius 3 is 2.13 bits per heavy atom. The first-order valence-corrected chi connectivity index (χ1v) is 7.54. The minimum atomic E-state index is -1.51. The molecule has 90 valence electrons. The number of rotatable bonds is 9. The van der Waals surface area contributed by atoms with E-state index < -0.39 is 9.28 Å². The second-order valence-electron chi connectivity index (χ2n) is 3.21. The number of hydrogen-bond donors (Lipinski definition) is 0. The van der Waals surface area contributed by atoms with E-state index in [9.17, 15) is 0 Å². The molecule has 0 aliphatic heterocycles. The zero-order chi connectivity index (χ0) is 11.5. The number of allylic oxidation sites excluding steroid dienone is 1. The van der Waals surface area contributed by atoms with Crippen LogP contribution < -0.4 is 0 Å². The van der Waals surface area contributed by atoms with E-state index in [-0.39, 0.29) is 6.10 Å². The van der Waals surface area contributed by atoms with Crippen molar-refractivity contribution in [3.8, 4) is 0 Å². The van der Waals surface area contributed by atoms with Crippen LogP contribution in [0.4, 0.5) is 0 Å². The van der Waals surface area contributed by atoms with Gasteiger partial charge in [0.2, 0.25) is 0 Å². The standard InChI is InChI=1S/C11H24O3Si/c1-5-9-12-11(6-2)10-15(13-7-3)14-8-4/h5,9,11,15H,6-8,10H2,1-4H3/b9-5-. The van der Waals surface area contributed by atoms with Crippen LogP contribution in [0.25, 0.3) is 0 Å².